The zero-order valence-corrected chi connectivity index (χ0v) is 12.8. The Hall–Kier alpha value is -3.29. The number of nitrogens with one attached hydrogen (secondary N) is 1. The van der Waals surface area contributed by atoms with Gasteiger partial charge in [0.25, 0.3) is 11.6 Å². The van der Waals surface area contributed by atoms with Crippen LogP contribution in [0.2, 0.25) is 0 Å². The Kier molecular flexibility index (Phi) is 4.19. The maximum atomic E-state index is 12.5. The molecule has 1 aliphatic rings. The van der Waals surface area contributed by atoms with E-state index in [4.69, 9.17) is 14.2 Å². The zero-order chi connectivity index (χ0) is 17.1. The summed E-state index contributed by atoms with van der Waals surface area (Å²) >= 11 is 0. The Balaban J connectivity index is 1.92. The van der Waals surface area contributed by atoms with Gasteiger partial charge in [-0.15, -0.1) is 0 Å². The molecule has 3 rings (SSSR count). The predicted molar refractivity (Wildman–Crippen MR) is 85.0 cm³/mol. The summed E-state index contributed by atoms with van der Waals surface area (Å²) in [6, 6.07) is 9.14. The van der Waals surface area contributed by atoms with Crippen molar-refractivity contribution in [3.8, 4) is 17.2 Å². The van der Waals surface area contributed by atoms with E-state index >= 15 is 0 Å². The van der Waals surface area contributed by atoms with Crippen LogP contribution in [-0.2, 0) is 0 Å². The molecule has 0 saturated carbocycles. The number of nitrogens with zero attached hydrogens (tertiary/aromatic N) is 1. The molecule has 0 aromatic heterocycles. The first-order valence-corrected chi connectivity index (χ1v) is 7.12. The molecule has 0 atom stereocenters. The summed E-state index contributed by atoms with van der Waals surface area (Å²) in [6.07, 6.45) is 0. The second-order valence-electron chi connectivity index (χ2n) is 4.96. The summed E-state index contributed by atoms with van der Waals surface area (Å²) in [7, 11) is 1.54. The lowest BCUT2D eigenvalue weighted by molar-refractivity contribution is -0.385. The molecule has 24 heavy (non-hydrogen) atoms. The molecule has 124 valence electrons. The standard InChI is InChI=1S/C16H14N2O6/c1-22-12-4-2-10(3-5-12)17-16(19)13-8-11(18(20)21)9-14-15(13)24-7-6-23-14/h2-5,8-9H,6-7H2,1H3,(H,17,19). The Morgan fingerprint density at radius 3 is 2.58 bits per heavy atom. The molecule has 0 radical (unpaired) electrons. The van der Waals surface area contributed by atoms with E-state index in [9.17, 15) is 14.9 Å². The molecule has 1 N–H and O–H groups in total. The first-order valence-electron chi connectivity index (χ1n) is 7.12. The quantitative estimate of drug-likeness (QED) is 0.683. The second-order valence-corrected chi connectivity index (χ2v) is 4.96. The maximum Gasteiger partial charge on any atom is 0.274 e. The lowest BCUT2D eigenvalue weighted by Crippen LogP contribution is -2.20. The van der Waals surface area contributed by atoms with Crippen molar-refractivity contribution in [1.29, 1.82) is 0 Å². The number of carbonyl (C=O) groups is 1. The number of non-ortho nitro benzene ring substituents is 1. The molecule has 0 bridgehead atoms. The Bertz CT molecular complexity index is 788. The average molecular weight is 330 g/mol. The molecule has 1 amide bonds. The number of carbonyl (C=O) groups excluding carboxylic acids is 1. The van der Waals surface area contributed by atoms with Crippen LogP contribution in [0.15, 0.2) is 36.4 Å². The van der Waals surface area contributed by atoms with E-state index in [2.05, 4.69) is 5.32 Å². The third-order valence-corrected chi connectivity index (χ3v) is 3.43. The molecule has 1 aliphatic heterocycles. The van der Waals surface area contributed by atoms with Gasteiger partial charge >= 0.3 is 0 Å². The van der Waals surface area contributed by atoms with E-state index in [-0.39, 0.29) is 36.0 Å². The summed E-state index contributed by atoms with van der Waals surface area (Å²) in [6.45, 7) is 0.543. The van der Waals surface area contributed by atoms with Gasteiger partial charge in [-0.2, -0.15) is 0 Å². The summed E-state index contributed by atoms with van der Waals surface area (Å²) < 4.78 is 15.9. The van der Waals surface area contributed by atoms with Crippen LogP contribution in [0.1, 0.15) is 10.4 Å². The number of hydrogen-bond donors (Lipinski definition) is 1. The van der Waals surface area contributed by atoms with Crippen molar-refractivity contribution in [3.05, 3.63) is 52.1 Å². The first-order chi connectivity index (χ1) is 11.6. The Morgan fingerprint density at radius 2 is 1.92 bits per heavy atom. The fourth-order valence-electron chi connectivity index (χ4n) is 2.29. The van der Waals surface area contributed by atoms with Crippen LogP contribution in [0.25, 0.3) is 0 Å². The van der Waals surface area contributed by atoms with E-state index in [1.165, 1.54) is 12.1 Å². The van der Waals surface area contributed by atoms with Gasteiger partial charge in [-0.3, -0.25) is 14.9 Å². The van der Waals surface area contributed by atoms with Gasteiger partial charge in [-0.1, -0.05) is 0 Å². The molecule has 2 aromatic rings. The Morgan fingerprint density at radius 1 is 1.21 bits per heavy atom. The highest BCUT2D eigenvalue weighted by atomic mass is 16.6. The second kappa shape index (κ2) is 6.45. The van der Waals surface area contributed by atoms with E-state index in [1.807, 2.05) is 0 Å². The van der Waals surface area contributed by atoms with Gasteiger partial charge in [-0.05, 0) is 24.3 Å². The number of nitro groups is 1. The molecular weight excluding hydrogens is 316 g/mol. The van der Waals surface area contributed by atoms with Gasteiger partial charge in [-0.25, -0.2) is 0 Å². The number of fused-ring (bicyclic) bond motifs is 1. The fraction of sp³-hybridized carbons (Fsp3) is 0.188. The molecule has 0 saturated heterocycles. The van der Waals surface area contributed by atoms with Crippen molar-refractivity contribution in [2.24, 2.45) is 0 Å². The normalized spacial score (nSPS) is 12.4. The Labute approximate surface area is 137 Å². The van der Waals surface area contributed by atoms with Gasteiger partial charge in [0.1, 0.15) is 19.0 Å². The van der Waals surface area contributed by atoms with Crippen molar-refractivity contribution in [1.82, 2.24) is 0 Å². The lowest BCUT2D eigenvalue weighted by atomic mass is 10.1. The SMILES string of the molecule is COc1ccc(NC(=O)c2cc([N+](=O)[O-])cc3c2OCCO3)cc1. The van der Waals surface area contributed by atoms with Crippen LogP contribution in [0.3, 0.4) is 0 Å². The fourth-order valence-corrected chi connectivity index (χ4v) is 2.29. The molecule has 0 unspecified atom stereocenters. The smallest absolute Gasteiger partial charge is 0.274 e. The van der Waals surface area contributed by atoms with Gasteiger partial charge in [0.15, 0.2) is 11.5 Å². The highest BCUT2D eigenvalue weighted by Gasteiger charge is 2.25. The largest absolute Gasteiger partial charge is 0.497 e. The number of anilines is 1. The molecule has 0 fully saturated rings. The molecule has 8 heteroatoms. The number of ether oxygens (including phenoxy) is 3. The minimum Gasteiger partial charge on any atom is -0.497 e. The number of amides is 1. The average Bonchev–Trinajstić information content (AvgIpc) is 2.61. The van der Waals surface area contributed by atoms with E-state index in [0.29, 0.717) is 11.4 Å². The molecule has 2 aromatic carbocycles. The van der Waals surface area contributed by atoms with Gasteiger partial charge in [0.2, 0.25) is 0 Å². The van der Waals surface area contributed by atoms with Gasteiger partial charge in [0, 0.05) is 11.8 Å². The third-order valence-electron chi connectivity index (χ3n) is 3.43. The summed E-state index contributed by atoms with van der Waals surface area (Å²) in [5.41, 5.74) is 0.339. The number of hydrogen-bond acceptors (Lipinski definition) is 6. The first kappa shape index (κ1) is 15.6. The number of nitro benzene ring substituents is 1. The van der Waals surface area contributed by atoms with Crippen molar-refractivity contribution in [2.45, 2.75) is 0 Å². The van der Waals surface area contributed by atoms with E-state index in [0.717, 1.165) is 0 Å². The van der Waals surface area contributed by atoms with E-state index < -0.39 is 10.8 Å². The van der Waals surface area contributed by atoms with Crippen molar-refractivity contribution >= 4 is 17.3 Å². The highest BCUT2D eigenvalue weighted by Crippen LogP contribution is 2.38. The minimum atomic E-state index is -0.581. The molecule has 1 heterocycles. The summed E-state index contributed by atoms with van der Waals surface area (Å²) in [5.74, 6) is 0.524. The maximum absolute atomic E-state index is 12.5. The molecule has 0 spiro atoms. The topological polar surface area (TPSA) is 99.9 Å². The predicted octanol–water partition coefficient (Wildman–Crippen LogP) is 2.63. The van der Waals surface area contributed by atoms with Crippen LogP contribution in [0, 0.1) is 10.1 Å². The minimum absolute atomic E-state index is 0.0507. The van der Waals surface area contributed by atoms with Gasteiger partial charge < -0.3 is 19.5 Å². The zero-order valence-electron chi connectivity index (χ0n) is 12.8. The third kappa shape index (κ3) is 3.07. The van der Waals surface area contributed by atoms with Crippen LogP contribution in [-0.4, -0.2) is 31.2 Å². The molecule has 0 aliphatic carbocycles. The van der Waals surface area contributed by atoms with Crippen LogP contribution in [0.4, 0.5) is 11.4 Å². The van der Waals surface area contributed by atoms with Crippen molar-refractivity contribution < 1.29 is 23.9 Å². The lowest BCUT2D eigenvalue weighted by Gasteiger charge is -2.20. The van der Waals surface area contributed by atoms with E-state index in [1.54, 1.807) is 31.4 Å². The number of benzene rings is 2. The summed E-state index contributed by atoms with van der Waals surface area (Å²) in [5, 5.41) is 13.7. The molecular formula is C16H14N2O6. The summed E-state index contributed by atoms with van der Waals surface area (Å²) in [4.78, 5) is 23.0. The van der Waals surface area contributed by atoms with Crippen LogP contribution in [0.5, 0.6) is 17.2 Å². The molecule has 8 nitrogen and oxygen atoms in total. The number of rotatable bonds is 4. The monoisotopic (exact) mass is 330 g/mol. The van der Waals surface area contributed by atoms with Crippen LogP contribution < -0.4 is 19.5 Å². The van der Waals surface area contributed by atoms with Crippen molar-refractivity contribution in [2.75, 3.05) is 25.6 Å². The van der Waals surface area contributed by atoms with Crippen LogP contribution >= 0.6 is 0 Å². The number of methoxy groups -OCH3 is 1. The highest BCUT2D eigenvalue weighted by molar-refractivity contribution is 6.07. The van der Waals surface area contributed by atoms with Gasteiger partial charge in [0.05, 0.1) is 23.7 Å². The van der Waals surface area contributed by atoms with Crippen molar-refractivity contribution in [3.63, 3.8) is 0 Å².